The summed E-state index contributed by atoms with van der Waals surface area (Å²) in [6, 6.07) is 7.80. The number of ketones is 1. The van der Waals surface area contributed by atoms with Crippen molar-refractivity contribution < 1.29 is 9.90 Å². The van der Waals surface area contributed by atoms with Gasteiger partial charge in [0.2, 0.25) is 0 Å². The second kappa shape index (κ2) is 8.03. The van der Waals surface area contributed by atoms with Crippen LogP contribution in [0.4, 0.5) is 0 Å². The predicted molar refractivity (Wildman–Crippen MR) is 109 cm³/mol. The zero-order chi connectivity index (χ0) is 20.3. The van der Waals surface area contributed by atoms with Crippen molar-refractivity contribution >= 4 is 5.78 Å². The molecule has 1 aromatic carbocycles. The van der Waals surface area contributed by atoms with Gasteiger partial charge in [-0.05, 0) is 42.1 Å². The molecule has 1 N–H and O–H groups in total. The molecule has 0 aliphatic heterocycles. The van der Waals surface area contributed by atoms with E-state index in [9.17, 15) is 9.90 Å². The minimum atomic E-state index is -1.33. The molecule has 144 valence electrons. The Morgan fingerprint density at radius 1 is 0.840 bits per heavy atom. The molecule has 0 heterocycles. The number of Topliss-reactive ketones (excluding diaryl/α,β-unsaturated/α-hetero) is 1. The van der Waals surface area contributed by atoms with Crippen LogP contribution < -0.4 is 0 Å². The highest BCUT2D eigenvalue weighted by Gasteiger charge is 2.41. The lowest BCUT2D eigenvalue weighted by molar-refractivity contribution is 0.0488. The normalized spacial score (nSPS) is 15.0. The molecule has 0 amide bonds. The van der Waals surface area contributed by atoms with Gasteiger partial charge in [-0.1, -0.05) is 86.6 Å². The fraction of sp³-hybridized carbons (Fsp3) is 0.696. The molecule has 1 atom stereocenters. The van der Waals surface area contributed by atoms with E-state index in [1.54, 1.807) is 0 Å². The second-order valence-corrected chi connectivity index (χ2v) is 9.79. The van der Waals surface area contributed by atoms with E-state index in [2.05, 4.69) is 60.6 Å². The van der Waals surface area contributed by atoms with Crippen molar-refractivity contribution in [2.45, 2.75) is 93.6 Å². The number of benzene rings is 1. The molecule has 0 bridgehead atoms. The summed E-state index contributed by atoms with van der Waals surface area (Å²) in [6.07, 6.45) is 1.06. The van der Waals surface area contributed by atoms with Crippen molar-refractivity contribution in [1.82, 2.24) is 0 Å². The Labute approximate surface area is 156 Å². The largest absolute Gasteiger partial charge is 0.382 e. The first kappa shape index (κ1) is 23.9. The van der Waals surface area contributed by atoms with Gasteiger partial charge in [-0.3, -0.25) is 4.79 Å². The summed E-state index contributed by atoms with van der Waals surface area (Å²) in [5, 5.41) is 9.90. The second-order valence-electron chi connectivity index (χ2n) is 9.79. The summed E-state index contributed by atoms with van der Waals surface area (Å²) in [6.45, 7) is 23.0. The van der Waals surface area contributed by atoms with Gasteiger partial charge in [-0.2, -0.15) is 0 Å². The number of carbonyl (C=O) groups is 1. The molecule has 1 unspecified atom stereocenters. The summed E-state index contributed by atoms with van der Waals surface area (Å²) in [7, 11) is 0. The van der Waals surface area contributed by atoms with Crippen LogP contribution in [-0.4, -0.2) is 16.5 Å². The highest BCUT2D eigenvalue weighted by atomic mass is 16.3. The Hall–Kier alpha value is -1.15. The molecule has 0 radical (unpaired) electrons. The maximum absolute atomic E-state index is 12.2. The van der Waals surface area contributed by atoms with Gasteiger partial charge in [0.05, 0.1) is 0 Å². The third kappa shape index (κ3) is 6.26. The van der Waals surface area contributed by atoms with Crippen molar-refractivity contribution in [3.63, 3.8) is 0 Å². The first-order valence-electron chi connectivity index (χ1n) is 9.46. The summed E-state index contributed by atoms with van der Waals surface area (Å²) < 4.78 is 0. The molecular formula is C23H40O2. The van der Waals surface area contributed by atoms with E-state index in [4.69, 9.17) is 0 Å². The Bertz CT molecular complexity index is 548. The Morgan fingerprint density at radius 3 is 1.52 bits per heavy atom. The number of hydrogen-bond acceptors (Lipinski definition) is 2. The molecule has 0 aliphatic carbocycles. The third-order valence-electron chi connectivity index (χ3n) is 4.88. The fourth-order valence-corrected chi connectivity index (χ4v) is 3.20. The smallest absolute Gasteiger partial charge is 0.193 e. The van der Waals surface area contributed by atoms with Gasteiger partial charge in [-0.15, -0.1) is 0 Å². The number of hydrogen-bond donors (Lipinski definition) is 1. The number of rotatable bonds is 4. The standard InChI is InChI=1S/C21H34O2.C2H6/c1-18(2,3)14-21(9,19(4,5)6)16-12-10-15(11-13-16)17(22)20(7,8)23;1-2/h10-13,23H,14H2,1-9H3;1-2H3. The number of carbonyl (C=O) groups excluding carboxylic acids is 1. The van der Waals surface area contributed by atoms with Crippen LogP contribution in [0.2, 0.25) is 0 Å². The topological polar surface area (TPSA) is 37.3 Å². The predicted octanol–water partition coefficient (Wildman–Crippen LogP) is 6.41. The van der Waals surface area contributed by atoms with Crippen LogP contribution in [0.5, 0.6) is 0 Å². The Kier molecular flexibility index (Phi) is 7.66. The molecule has 0 fully saturated rings. The van der Waals surface area contributed by atoms with E-state index in [1.807, 2.05) is 26.0 Å². The van der Waals surface area contributed by atoms with Gasteiger partial charge < -0.3 is 5.11 Å². The average molecular weight is 349 g/mol. The Morgan fingerprint density at radius 2 is 1.24 bits per heavy atom. The van der Waals surface area contributed by atoms with E-state index in [-0.39, 0.29) is 22.0 Å². The van der Waals surface area contributed by atoms with Crippen molar-refractivity contribution in [2.24, 2.45) is 10.8 Å². The summed E-state index contributed by atoms with van der Waals surface area (Å²) >= 11 is 0. The molecule has 1 rings (SSSR count). The highest BCUT2D eigenvalue weighted by molar-refractivity contribution is 6.01. The zero-order valence-electron chi connectivity index (χ0n) is 18.4. The highest BCUT2D eigenvalue weighted by Crippen LogP contribution is 2.48. The molecule has 0 saturated heterocycles. The van der Waals surface area contributed by atoms with Crippen LogP contribution in [0.1, 0.15) is 98.5 Å². The lowest BCUT2D eigenvalue weighted by Crippen LogP contribution is -2.40. The van der Waals surface area contributed by atoms with E-state index in [0.29, 0.717) is 5.56 Å². The van der Waals surface area contributed by atoms with Crippen LogP contribution in [0.3, 0.4) is 0 Å². The molecular weight excluding hydrogens is 308 g/mol. The minimum absolute atomic E-state index is 0.00155. The lowest BCUT2D eigenvalue weighted by Gasteiger charge is -2.46. The van der Waals surface area contributed by atoms with Gasteiger partial charge in [0.15, 0.2) is 5.78 Å². The third-order valence-corrected chi connectivity index (χ3v) is 4.88. The molecule has 2 heteroatoms. The van der Waals surface area contributed by atoms with Gasteiger partial charge in [0.1, 0.15) is 5.60 Å². The SMILES string of the molecule is CC.CC(C)(C)CC(C)(c1ccc(C(=O)C(C)(C)O)cc1)C(C)(C)C. The van der Waals surface area contributed by atoms with Crippen molar-refractivity contribution in [2.75, 3.05) is 0 Å². The first-order chi connectivity index (χ1) is 11.1. The Balaban J connectivity index is 0.00000277. The van der Waals surface area contributed by atoms with Crippen molar-refractivity contribution in [3.8, 4) is 0 Å². The quantitative estimate of drug-likeness (QED) is 0.639. The van der Waals surface area contributed by atoms with E-state index in [0.717, 1.165) is 6.42 Å². The van der Waals surface area contributed by atoms with Crippen LogP contribution in [-0.2, 0) is 5.41 Å². The lowest BCUT2D eigenvalue weighted by atomic mass is 9.58. The van der Waals surface area contributed by atoms with Crippen molar-refractivity contribution in [3.05, 3.63) is 35.4 Å². The first-order valence-corrected chi connectivity index (χ1v) is 9.46. The average Bonchev–Trinajstić information content (AvgIpc) is 2.45. The van der Waals surface area contributed by atoms with E-state index < -0.39 is 5.60 Å². The molecule has 0 aliphatic rings. The van der Waals surface area contributed by atoms with Crippen molar-refractivity contribution in [1.29, 1.82) is 0 Å². The van der Waals surface area contributed by atoms with Crippen LogP contribution >= 0.6 is 0 Å². The maximum atomic E-state index is 12.2. The van der Waals surface area contributed by atoms with E-state index >= 15 is 0 Å². The van der Waals surface area contributed by atoms with Crippen LogP contribution in [0.25, 0.3) is 0 Å². The monoisotopic (exact) mass is 348 g/mol. The van der Waals surface area contributed by atoms with E-state index in [1.165, 1.54) is 19.4 Å². The molecule has 0 saturated carbocycles. The van der Waals surface area contributed by atoms with Crippen LogP contribution in [0, 0.1) is 10.8 Å². The zero-order valence-corrected chi connectivity index (χ0v) is 18.4. The van der Waals surface area contributed by atoms with Gasteiger partial charge >= 0.3 is 0 Å². The summed E-state index contributed by atoms with van der Waals surface area (Å²) in [5.74, 6) is -0.239. The molecule has 0 spiro atoms. The summed E-state index contributed by atoms with van der Waals surface area (Å²) in [4.78, 5) is 12.2. The molecule has 25 heavy (non-hydrogen) atoms. The minimum Gasteiger partial charge on any atom is -0.382 e. The maximum Gasteiger partial charge on any atom is 0.193 e. The molecule has 1 aromatic rings. The van der Waals surface area contributed by atoms with Gasteiger partial charge in [0.25, 0.3) is 0 Å². The van der Waals surface area contributed by atoms with Crippen LogP contribution in [0.15, 0.2) is 24.3 Å². The number of aliphatic hydroxyl groups is 1. The molecule has 2 nitrogen and oxygen atoms in total. The van der Waals surface area contributed by atoms with Gasteiger partial charge in [0, 0.05) is 5.56 Å². The molecule has 0 aromatic heterocycles. The van der Waals surface area contributed by atoms with Gasteiger partial charge in [-0.25, -0.2) is 0 Å². The fourth-order valence-electron chi connectivity index (χ4n) is 3.20. The summed E-state index contributed by atoms with van der Waals surface area (Å²) in [5.41, 5.74) is 0.786.